The molecule has 2 aliphatic heterocycles. The fourth-order valence-corrected chi connectivity index (χ4v) is 4.11. The van der Waals surface area contributed by atoms with E-state index in [1.54, 1.807) is 18.4 Å². The lowest BCUT2D eigenvalue weighted by Gasteiger charge is -2.42. The van der Waals surface area contributed by atoms with Crippen LogP contribution in [0.4, 0.5) is 0 Å². The lowest BCUT2D eigenvalue weighted by Crippen LogP contribution is -2.57. The Morgan fingerprint density at radius 2 is 2.59 bits per heavy atom. The monoisotopic (exact) mass is 325 g/mol. The van der Waals surface area contributed by atoms with E-state index in [0.717, 1.165) is 37.5 Å². The van der Waals surface area contributed by atoms with Crippen molar-refractivity contribution in [3.05, 3.63) is 16.6 Å². The molecule has 2 aliphatic rings. The minimum Gasteiger partial charge on any atom is -0.383 e. The van der Waals surface area contributed by atoms with Crippen molar-refractivity contribution in [2.45, 2.75) is 25.5 Å². The number of fused-ring (bicyclic) bond motifs is 1. The lowest BCUT2D eigenvalue weighted by atomic mass is 9.75. The highest BCUT2D eigenvalue weighted by Crippen LogP contribution is 2.41. The summed E-state index contributed by atoms with van der Waals surface area (Å²) in [6.07, 6.45) is 3.58. The van der Waals surface area contributed by atoms with Gasteiger partial charge >= 0.3 is 0 Å². The van der Waals surface area contributed by atoms with Crippen LogP contribution in [0.3, 0.4) is 0 Å². The molecule has 2 atom stereocenters. The SMILES string of the molecule is COCCNC(=O)[C@@]12CCO[C@@H]1CCN(Cc1nccs1)C2. The number of ether oxygens (including phenoxy) is 2. The van der Waals surface area contributed by atoms with Crippen molar-refractivity contribution in [2.24, 2.45) is 5.41 Å². The Balaban J connectivity index is 1.67. The van der Waals surface area contributed by atoms with Gasteiger partial charge in [-0.05, 0) is 12.8 Å². The number of methoxy groups -OCH3 is 1. The number of amides is 1. The standard InChI is InChI=1S/C15H23N3O3S/c1-20-8-4-17-14(19)15-3-7-21-12(15)2-6-18(11-15)10-13-16-5-9-22-13/h5,9,12H,2-4,6-8,10-11H2,1H3,(H,17,19)/t12-,15-/m1/s1. The summed E-state index contributed by atoms with van der Waals surface area (Å²) in [6.45, 7) is 4.28. The van der Waals surface area contributed by atoms with Crippen LogP contribution in [-0.4, -0.2) is 61.9 Å². The van der Waals surface area contributed by atoms with Crippen LogP contribution >= 0.6 is 11.3 Å². The normalized spacial score (nSPS) is 28.5. The molecule has 122 valence electrons. The van der Waals surface area contributed by atoms with Crippen molar-refractivity contribution < 1.29 is 14.3 Å². The molecule has 0 unspecified atom stereocenters. The molecule has 3 heterocycles. The Labute approximate surface area is 134 Å². The molecule has 0 bridgehead atoms. The predicted octanol–water partition coefficient (Wildman–Crippen LogP) is 0.887. The van der Waals surface area contributed by atoms with Crippen molar-refractivity contribution in [1.29, 1.82) is 0 Å². The predicted molar refractivity (Wildman–Crippen MR) is 83.7 cm³/mol. The highest BCUT2D eigenvalue weighted by atomic mass is 32.1. The number of hydrogen-bond donors (Lipinski definition) is 1. The van der Waals surface area contributed by atoms with Gasteiger partial charge in [-0.15, -0.1) is 11.3 Å². The van der Waals surface area contributed by atoms with Crippen molar-refractivity contribution >= 4 is 17.2 Å². The molecular weight excluding hydrogens is 302 g/mol. The van der Waals surface area contributed by atoms with Gasteiger partial charge in [-0.3, -0.25) is 9.69 Å². The molecule has 0 aromatic carbocycles. The molecule has 1 aromatic heterocycles. The number of likely N-dealkylation sites (tertiary alicyclic amines) is 1. The molecule has 7 heteroatoms. The van der Waals surface area contributed by atoms with Gasteiger partial charge in [0.2, 0.25) is 5.91 Å². The third-order valence-corrected chi connectivity index (χ3v) is 5.35. The van der Waals surface area contributed by atoms with Crippen molar-refractivity contribution in [3.8, 4) is 0 Å². The first kappa shape index (κ1) is 15.9. The van der Waals surface area contributed by atoms with Crippen LogP contribution in [0, 0.1) is 5.41 Å². The molecule has 0 spiro atoms. The van der Waals surface area contributed by atoms with Gasteiger partial charge in [0.05, 0.1) is 24.7 Å². The van der Waals surface area contributed by atoms with E-state index >= 15 is 0 Å². The van der Waals surface area contributed by atoms with Gasteiger partial charge in [0.1, 0.15) is 5.01 Å². The van der Waals surface area contributed by atoms with Gasteiger partial charge in [0.15, 0.2) is 0 Å². The summed E-state index contributed by atoms with van der Waals surface area (Å²) in [5, 5.41) is 6.11. The zero-order valence-corrected chi connectivity index (χ0v) is 13.7. The zero-order valence-electron chi connectivity index (χ0n) is 12.9. The second kappa shape index (κ2) is 7.04. The van der Waals surface area contributed by atoms with Crippen LogP contribution in [0.2, 0.25) is 0 Å². The van der Waals surface area contributed by atoms with Gasteiger partial charge in [0, 0.05) is 44.9 Å². The van der Waals surface area contributed by atoms with E-state index in [4.69, 9.17) is 9.47 Å². The molecule has 1 aromatic rings. The smallest absolute Gasteiger partial charge is 0.230 e. The summed E-state index contributed by atoms with van der Waals surface area (Å²) in [7, 11) is 1.64. The molecule has 0 aliphatic carbocycles. The Morgan fingerprint density at radius 1 is 1.68 bits per heavy atom. The molecular formula is C15H23N3O3S. The van der Waals surface area contributed by atoms with Crippen molar-refractivity contribution in [3.63, 3.8) is 0 Å². The average Bonchev–Trinajstić information content (AvgIpc) is 3.16. The highest BCUT2D eigenvalue weighted by molar-refractivity contribution is 7.09. The maximum Gasteiger partial charge on any atom is 0.230 e. The number of nitrogens with zero attached hydrogens (tertiary/aromatic N) is 2. The number of piperidine rings is 1. The maximum absolute atomic E-state index is 12.7. The van der Waals surface area contributed by atoms with E-state index < -0.39 is 5.41 Å². The molecule has 1 N–H and O–H groups in total. The number of nitrogens with one attached hydrogen (secondary N) is 1. The van der Waals surface area contributed by atoms with Crippen LogP contribution in [0.5, 0.6) is 0 Å². The summed E-state index contributed by atoms with van der Waals surface area (Å²) in [4.78, 5) is 19.4. The first-order valence-corrected chi connectivity index (χ1v) is 8.62. The second-order valence-corrected chi connectivity index (χ2v) is 6.92. The molecule has 2 saturated heterocycles. The van der Waals surface area contributed by atoms with E-state index in [1.165, 1.54) is 0 Å². The molecule has 6 nitrogen and oxygen atoms in total. The minimum atomic E-state index is -0.413. The van der Waals surface area contributed by atoms with Crippen LogP contribution in [-0.2, 0) is 20.8 Å². The van der Waals surface area contributed by atoms with E-state index in [-0.39, 0.29) is 12.0 Å². The van der Waals surface area contributed by atoms with Crippen molar-refractivity contribution in [1.82, 2.24) is 15.2 Å². The number of carbonyl (C=O) groups excluding carboxylic acids is 1. The Hall–Kier alpha value is -1.02. The third-order valence-electron chi connectivity index (χ3n) is 4.58. The van der Waals surface area contributed by atoms with E-state index in [1.807, 2.05) is 11.6 Å². The zero-order chi connectivity index (χ0) is 15.4. The third kappa shape index (κ3) is 3.17. The number of aromatic nitrogens is 1. The number of thiazole rings is 1. The van der Waals surface area contributed by atoms with Gasteiger partial charge in [0.25, 0.3) is 0 Å². The van der Waals surface area contributed by atoms with E-state index in [9.17, 15) is 4.79 Å². The first-order valence-electron chi connectivity index (χ1n) is 7.74. The largest absolute Gasteiger partial charge is 0.383 e. The van der Waals surface area contributed by atoms with Crippen molar-refractivity contribution in [2.75, 3.05) is 40.0 Å². The maximum atomic E-state index is 12.7. The Kier molecular flexibility index (Phi) is 5.07. The average molecular weight is 325 g/mol. The van der Waals surface area contributed by atoms with Gasteiger partial charge in [-0.1, -0.05) is 0 Å². The number of carbonyl (C=O) groups is 1. The molecule has 1 amide bonds. The highest BCUT2D eigenvalue weighted by Gasteiger charge is 2.53. The summed E-state index contributed by atoms with van der Waals surface area (Å²) < 4.78 is 10.9. The van der Waals surface area contributed by atoms with Gasteiger partial charge < -0.3 is 14.8 Å². The lowest BCUT2D eigenvalue weighted by molar-refractivity contribution is -0.139. The molecule has 22 heavy (non-hydrogen) atoms. The van der Waals surface area contributed by atoms with Gasteiger partial charge in [-0.25, -0.2) is 4.98 Å². The topological polar surface area (TPSA) is 63.7 Å². The first-order chi connectivity index (χ1) is 10.7. The quantitative estimate of drug-likeness (QED) is 0.787. The summed E-state index contributed by atoms with van der Waals surface area (Å²) >= 11 is 1.66. The summed E-state index contributed by atoms with van der Waals surface area (Å²) in [5.41, 5.74) is -0.413. The number of hydrogen-bond acceptors (Lipinski definition) is 6. The van der Waals surface area contributed by atoms with Crippen LogP contribution < -0.4 is 5.32 Å². The molecule has 0 radical (unpaired) electrons. The van der Waals surface area contributed by atoms with Gasteiger partial charge in [-0.2, -0.15) is 0 Å². The molecule has 2 fully saturated rings. The molecule has 3 rings (SSSR count). The summed E-state index contributed by atoms with van der Waals surface area (Å²) in [6, 6.07) is 0. The fourth-order valence-electron chi connectivity index (χ4n) is 3.45. The minimum absolute atomic E-state index is 0.0441. The Bertz CT molecular complexity index is 496. The Morgan fingerprint density at radius 3 is 3.36 bits per heavy atom. The van der Waals surface area contributed by atoms with Crippen LogP contribution in [0.1, 0.15) is 17.8 Å². The molecule has 0 saturated carbocycles. The number of rotatable bonds is 6. The fraction of sp³-hybridized carbons (Fsp3) is 0.733. The van der Waals surface area contributed by atoms with Crippen LogP contribution in [0.15, 0.2) is 11.6 Å². The van der Waals surface area contributed by atoms with Crippen LogP contribution in [0.25, 0.3) is 0 Å². The van der Waals surface area contributed by atoms with E-state index in [0.29, 0.717) is 19.8 Å². The summed E-state index contributed by atoms with van der Waals surface area (Å²) in [5.74, 6) is 0.107. The van der Waals surface area contributed by atoms with E-state index in [2.05, 4.69) is 15.2 Å². The second-order valence-electron chi connectivity index (χ2n) is 5.94.